The number of piperidine rings is 1. The second-order valence-corrected chi connectivity index (χ2v) is 9.71. The molecular weight excluding hydrogens is 328 g/mol. The first-order valence-corrected chi connectivity index (χ1v) is 9.85. The SMILES string of the molecule is CC1(C)CC2CC(C)(CN2C(=O)C2CCN(c3cc(=O)[nH]cn3)CC2)C1. The molecule has 2 atom stereocenters. The largest absolute Gasteiger partial charge is 0.356 e. The number of likely N-dealkylation sites (tertiary alicyclic amines) is 1. The number of anilines is 1. The number of aromatic nitrogens is 2. The van der Waals surface area contributed by atoms with Crippen LogP contribution in [-0.4, -0.2) is 46.5 Å². The monoisotopic (exact) mass is 358 g/mol. The number of rotatable bonds is 2. The van der Waals surface area contributed by atoms with Crippen molar-refractivity contribution in [2.24, 2.45) is 16.7 Å². The Morgan fingerprint density at radius 1 is 1.23 bits per heavy atom. The molecule has 1 aromatic rings. The maximum absolute atomic E-state index is 13.2. The summed E-state index contributed by atoms with van der Waals surface area (Å²) in [6.07, 6.45) is 6.64. The smallest absolute Gasteiger partial charge is 0.252 e. The molecule has 142 valence electrons. The van der Waals surface area contributed by atoms with Crippen molar-refractivity contribution in [2.75, 3.05) is 24.5 Å². The van der Waals surface area contributed by atoms with Crippen molar-refractivity contribution in [3.8, 4) is 0 Å². The fourth-order valence-corrected chi connectivity index (χ4v) is 5.84. The van der Waals surface area contributed by atoms with Crippen LogP contribution in [0.2, 0.25) is 0 Å². The Kier molecular flexibility index (Phi) is 4.12. The highest BCUT2D eigenvalue weighted by Gasteiger charge is 2.51. The van der Waals surface area contributed by atoms with E-state index in [4.69, 9.17) is 0 Å². The average molecular weight is 358 g/mol. The van der Waals surface area contributed by atoms with E-state index in [9.17, 15) is 9.59 Å². The third kappa shape index (κ3) is 3.26. The van der Waals surface area contributed by atoms with Crippen molar-refractivity contribution in [2.45, 2.75) is 58.9 Å². The first-order chi connectivity index (χ1) is 12.2. The Hall–Kier alpha value is -1.85. The van der Waals surface area contributed by atoms with Crippen LogP contribution >= 0.6 is 0 Å². The maximum atomic E-state index is 13.2. The van der Waals surface area contributed by atoms with Crippen molar-refractivity contribution >= 4 is 11.7 Å². The minimum absolute atomic E-state index is 0.110. The van der Waals surface area contributed by atoms with Crippen LogP contribution < -0.4 is 10.5 Å². The van der Waals surface area contributed by atoms with Gasteiger partial charge in [0.05, 0.1) is 6.33 Å². The highest BCUT2D eigenvalue weighted by Crippen LogP contribution is 2.52. The standard InChI is InChI=1S/C20H30N4O2/c1-19(2)9-15-10-20(3,11-19)12-24(15)18(26)14-4-6-23(7-5-14)16-8-17(25)22-13-21-16/h8,13-15H,4-7,9-12H2,1-3H3,(H,21,22,25). The third-order valence-electron chi connectivity index (χ3n) is 6.53. The van der Waals surface area contributed by atoms with E-state index in [2.05, 4.69) is 40.5 Å². The van der Waals surface area contributed by atoms with Crippen LogP contribution in [0.4, 0.5) is 5.82 Å². The Balaban J connectivity index is 1.41. The molecule has 1 aromatic heterocycles. The predicted octanol–water partition coefficient (Wildman–Crippen LogP) is 2.41. The minimum Gasteiger partial charge on any atom is -0.356 e. The second kappa shape index (κ2) is 6.10. The number of hydrogen-bond acceptors (Lipinski definition) is 4. The van der Waals surface area contributed by atoms with Gasteiger partial charge >= 0.3 is 0 Å². The number of aromatic amines is 1. The summed E-state index contributed by atoms with van der Waals surface area (Å²) in [7, 11) is 0. The van der Waals surface area contributed by atoms with Gasteiger partial charge in [0.2, 0.25) is 5.91 Å². The van der Waals surface area contributed by atoms with E-state index < -0.39 is 0 Å². The quantitative estimate of drug-likeness (QED) is 0.881. The van der Waals surface area contributed by atoms with Gasteiger partial charge in [-0.2, -0.15) is 0 Å². The Labute approximate surface area is 155 Å². The van der Waals surface area contributed by atoms with Gasteiger partial charge in [-0.1, -0.05) is 20.8 Å². The zero-order valence-corrected chi connectivity index (χ0v) is 16.1. The van der Waals surface area contributed by atoms with Gasteiger partial charge in [0.1, 0.15) is 5.82 Å². The van der Waals surface area contributed by atoms with Crippen LogP contribution in [0.25, 0.3) is 0 Å². The van der Waals surface area contributed by atoms with Gasteiger partial charge in [0, 0.05) is 37.7 Å². The van der Waals surface area contributed by atoms with E-state index in [-0.39, 0.29) is 16.9 Å². The van der Waals surface area contributed by atoms with Gasteiger partial charge in [-0.3, -0.25) is 9.59 Å². The zero-order valence-electron chi connectivity index (χ0n) is 16.1. The van der Waals surface area contributed by atoms with E-state index >= 15 is 0 Å². The van der Waals surface area contributed by atoms with Crippen LogP contribution in [0.1, 0.15) is 52.9 Å². The van der Waals surface area contributed by atoms with Gasteiger partial charge in [-0.15, -0.1) is 0 Å². The summed E-state index contributed by atoms with van der Waals surface area (Å²) in [5.74, 6) is 1.18. The van der Waals surface area contributed by atoms with Crippen molar-refractivity contribution in [3.05, 3.63) is 22.7 Å². The minimum atomic E-state index is -0.131. The number of nitrogens with one attached hydrogen (secondary N) is 1. The summed E-state index contributed by atoms with van der Waals surface area (Å²) in [5.41, 5.74) is 0.494. The lowest BCUT2D eigenvalue weighted by atomic mass is 9.65. The van der Waals surface area contributed by atoms with Crippen molar-refractivity contribution in [3.63, 3.8) is 0 Å². The molecule has 0 spiro atoms. The van der Waals surface area contributed by atoms with Gasteiger partial charge in [0.25, 0.3) is 5.56 Å². The molecule has 6 nitrogen and oxygen atoms in total. The highest BCUT2D eigenvalue weighted by atomic mass is 16.2. The molecule has 2 aliphatic heterocycles. The van der Waals surface area contributed by atoms with E-state index in [0.717, 1.165) is 45.3 Å². The predicted molar refractivity (Wildman–Crippen MR) is 101 cm³/mol. The van der Waals surface area contributed by atoms with Gasteiger partial charge in [-0.25, -0.2) is 4.98 Å². The number of carbonyl (C=O) groups is 1. The topological polar surface area (TPSA) is 69.3 Å². The Morgan fingerprint density at radius 3 is 2.65 bits per heavy atom. The van der Waals surface area contributed by atoms with E-state index in [1.807, 2.05) is 0 Å². The fourth-order valence-electron chi connectivity index (χ4n) is 5.84. The molecule has 2 saturated heterocycles. The number of fused-ring (bicyclic) bond motifs is 2. The van der Waals surface area contributed by atoms with Crippen molar-refractivity contribution in [1.29, 1.82) is 0 Å². The molecule has 0 aromatic carbocycles. The molecule has 1 saturated carbocycles. The summed E-state index contributed by atoms with van der Waals surface area (Å²) in [6.45, 7) is 9.55. The third-order valence-corrected chi connectivity index (χ3v) is 6.53. The molecule has 6 heteroatoms. The molecule has 2 bridgehead atoms. The van der Waals surface area contributed by atoms with Crippen LogP contribution in [0.15, 0.2) is 17.2 Å². The van der Waals surface area contributed by atoms with Crippen LogP contribution in [-0.2, 0) is 4.79 Å². The van der Waals surface area contributed by atoms with Crippen molar-refractivity contribution < 1.29 is 4.79 Å². The first kappa shape index (κ1) is 17.6. The molecule has 4 rings (SSSR count). The van der Waals surface area contributed by atoms with Crippen molar-refractivity contribution in [1.82, 2.24) is 14.9 Å². The van der Waals surface area contributed by atoms with Crippen LogP contribution in [0.5, 0.6) is 0 Å². The van der Waals surface area contributed by atoms with Crippen LogP contribution in [0.3, 0.4) is 0 Å². The maximum Gasteiger partial charge on any atom is 0.252 e. The summed E-state index contributed by atoms with van der Waals surface area (Å²) in [4.78, 5) is 35.8. The Bertz CT molecular complexity index is 750. The second-order valence-electron chi connectivity index (χ2n) is 9.71. The highest BCUT2D eigenvalue weighted by molar-refractivity contribution is 5.80. The molecule has 1 aliphatic carbocycles. The van der Waals surface area contributed by atoms with E-state index in [1.165, 1.54) is 18.8 Å². The average Bonchev–Trinajstić information content (AvgIpc) is 2.83. The van der Waals surface area contributed by atoms with E-state index in [0.29, 0.717) is 23.2 Å². The lowest BCUT2D eigenvalue weighted by Crippen LogP contribution is -2.45. The number of amides is 1. The normalized spacial score (nSPS) is 31.3. The van der Waals surface area contributed by atoms with Gasteiger partial charge < -0.3 is 14.8 Å². The molecule has 26 heavy (non-hydrogen) atoms. The number of carbonyl (C=O) groups excluding carboxylic acids is 1. The Morgan fingerprint density at radius 2 is 1.96 bits per heavy atom. The molecule has 3 fully saturated rings. The van der Waals surface area contributed by atoms with Gasteiger partial charge in [0.15, 0.2) is 0 Å². The summed E-state index contributed by atoms with van der Waals surface area (Å²) < 4.78 is 0. The van der Waals surface area contributed by atoms with Gasteiger partial charge in [-0.05, 0) is 42.9 Å². The summed E-state index contributed by atoms with van der Waals surface area (Å²) in [6, 6.07) is 1.96. The number of hydrogen-bond donors (Lipinski definition) is 1. The molecular formula is C20H30N4O2. The lowest BCUT2D eigenvalue weighted by molar-refractivity contribution is -0.137. The van der Waals surface area contributed by atoms with Crippen LogP contribution in [0, 0.1) is 16.7 Å². The van der Waals surface area contributed by atoms with E-state index in [1.54, 1.807) is 0 Å². The summed E-state index contributed by atoms with van der Waals surface area (Å²) >= 11 is 0. The molecule has 1 N–H and O–H groups in total. The summed E-state index contributed by atoms with van der Waals surface area (Å²) in [5, 5.41) is 0. The molecule has 1 amide bonds. The lowest BCUT2D eigenvalue weighted by Gasteiger charge is -2.40. The molecule has 0 radical (unpaired) electrons. The first-order valence-electron chi connectivity index (χ1n) is 9.85. The fraction of sp³-hybridized carbons (Fsp3) is 0.750. The number of nitrogens with zero attached hydrogens (tertiary/aromatic N) is 3. The molecule has 3 heterocycles. The molecule has 3 aliphatic rings. The zero-order chi connectivity index (χ0) is 18.5. The molecule has 2 unspecified atom stereocenters. The number of H-pyrrole nitrogens is 1.